The van der Waals surface area contributed by atoms with Crippen LogP contribution in [0, 0.1) is 0 Å². The molecule has 0 bridgehead atoms. The standard InChI is InChI=1S/C14H25N3S2/c1-5-8-17-12(6-7-16-17)14(15-4)13-9-18-10(2)11(3)19-13/h6-7,10-11,13-15H,5,8-9H2,1-4H3. The van der Waals surface area contributed by atoms with Crippen molar-refractivity contribution in [2.24, 2.45) is 0 Å². The van der Waals surface area contributed by atoms with Crippen molar-refractivity contribution in [2.75, 3.05) is 12.8 Å². The highest BCUT2D eigenvalue weighted by Crippen LogP contribution is 2.40. The summed E-state index contributed by atoms with van der Waals surface area (Å²) in [6.07, 6.45) is 3.06. The molecule has 1 aliphatic rings. The van der Waals surface area contributed by atoms with Crippen LogP contribution in [0.3, 0.4) is 0 Å². The predicted octanol–water partition coefficient (Wildman–Crippen LogP) is 3.18. The highest BCUT2D eigenvalue weighted by molar-refractivity contribution is 8.07. The van der Waals surface area contributed by atoms with Crippen LogP contribution in [-0.2, 0) is 6.54 Å². The summed E-state index contributed by atoms with van der Waals surface area (Å²) >= 11 is 4.23. The fourth-order valence-electron chi connectivity index (χ4n) is 2.51. The molecular formula is C14H25N3S2. The van der Waals surface area contributed by atoms with Crippen LogP contribution >= 0.6 is 23.5 Å². The van der Waals surface area contributed by atoms with Gasteiger partial charge < -0.3 is 5.32 Å². The largest absolute Gasteiger partial charge is 0.311 e. The number of hydrogen-bond acceptors (Lipinski definition) is 4. The number of hydrogen-bond donors (Lipinski definition) is 1. The van der Waals surface area contributed by atoms with Crippen LogP contribution in [0.1, 0.15) is 38.9 Å². The monoisotopic (exact) mass is 299 g/mol. The second kappa shape index (κ2) is 7.04. The van der Waals surface area contributed by atoms with E-state index in [1.807, 2.05) is 6.20 Å². The molecule has 5 heteroatoms. The molecule has 108 valence electrons. The molecular weight excluding hydrogens is 274 g/mol. The van der Waals surface area contributed by atoms with E-state index in [2.05, 4.69) is 72.5 Å². The van der Waals surface area contributed by atoms with Gasteiger partial charge in [0.25, 0.3) is 0 Å². The smallest absolute Gasteiger partial charge is 0.0618 e. The van der Waals surface area contributed by atoms with Gasteiger partial charge in [0, 0.05) is 34.2 Å². The van der Waals surface area contributed by atoms with E-state index in [4.69, 9.17) is 0 Å². The van der Waals surface area contributed by atoms with Crippen LogP contribution in [0.4, 0.5) is 0 Å². The van der Waals surface area contributed by atoms with Crippen molar-refractivity contribution >= 4 is 23.5 Å². The molecule has 1 aliphatic heterocycles. The van der Waals surface area contributed by atoms with Gasteiger partial charge in [0.15, 0.2) is 0 Å². The molecule has 4 atom stereocenters. The van der Waals surface area contributed by atoms with Crippen LogP contribution in [0.5, 0.6) is 0 Å². The zero-order valence-corrected chi connectivity index (χ0v) is 13.9. The van der Waals surface area contributed by atoms with Gasteiger partial charge >= 0.3 is 0 Å². The van der Waals surface area contributed by atoms with E-state index in [1.165, 1.54) is 11.4 Å². The topological polar surface area (TPSA) is 29.9 Å². The van der Waals surface area contributed by atoms with Gasteiger partial charge in [0.1, 0.15) is 0 Å². The maximum Gasteiger partial charge on any atom is 0.0618 e. The Bertz CT molecular complexity index is 394. The fraction of sp³-hybridized carbons (Fsp3) is 0.786. The fourth-order valence-corrected chi connectivity index (χ4v) is 5.65. The van der Waals surface area contributed by atoms with Gasteiger partial charge in [-0.1, -0.05) is 20.8 Å². The summed E-state index contributed by atoms with van der Waals surface area (Å²) in [6, 6.07) is 2.58. The maximum atomic E-state index is 4.46. The van der Waals surface area contributed by atoms with Crippen LogP contribution in [0.25, 0.3) is 0 Å². The third-order valence-corrected chi connectivity index (χ3v) is 7.25. The molecule has 1 saturated heterocycles. The molecule has 0 aromatic carbocycles. The molecule has 4 unspecified atom stereocenters. The molecule has 0 spiro atoms. The minimum atomic E-state index is 0.404. The third kappa shape index (κ3) is 3.50. The lowest BCUT2D eigenvalue weighted by atomic mass is 10.1. The molecule has 0 radical (unpaired) electrons. The molecule has 19 heavy (non-hydrogen) atoms. The van der Waals surface area contributed by atoms with Crippen molar-refractivity contribution < 1.29 is 0 Å². The van der Waals surface area contributed by atoms with E-state index in [0.717, 1.165) is 23.5 Å². The average Bonchev–Trinajstić information content (AvgIpc) is 2.83. The summed E-state index contributed by atoms with van der Waals surface area (Å²) in [6.45, 7) is 7.91. The Balaban J connectivity index is 2.13. The zero-order valence-electron chi connectivity index (χ0n) is 12.3. The van der Waals surface area contributed by atoms with Crippen LogP contribution in [-0.4, -0.2) is 38.3 Å². The lowest BCUT2D eigenvalue weighted by molar-refractivity contribution is 0.496. The van der Waals surface area contributed by atoms with Crippen LogP contribution in [0.15, 0.2) is 12.3 Å². The number of nitrogens with one attached hydrogen (secondary N) is 1. The lowest BCUT2D eigenvalue weighted by Gasteiger charge is -2.36. The number of nitrogens with zero attached hydrogens (tertiary/aromatic N) is 2. The summed E-state index contributed by atoms with van der Waals surface area (Å²) in [4.78, 5) is 0. The molecule has 0 amide bonds. The average molecular weight is 300 g/mol. The number of thioether (sulfide) groups is 2. The summed E-state index contributed by atoms with van der Waals surface area (Å²) in [5.41, 5.74) is 1.34. The number of aryl methyl sites for hydroxylation is 1. The van der Waals surface area contributed by atoms with Crippen molar-refractivity contribution in [1.82, 2.24) is 15.1 Å². The second-order valence-electron chi connectivity index (χ2n) is 5.16. The van der Waals surface area contributed by atoms with Gasteiger partial charge in [0.05, 0.1) is 11.7 Å². The van der Waals surface area contributed by atoms with Gasteiger partial charge in [-0.2, -0.15) is 28.6 Å². The third-order valence-electron chi connectivity index (χ3n) is 3.76. The van der Waals surface area contributed by atoms with E-state index >= 15 is 0 Å². The molecule has 2 heterocycles. The molecule has 1 aromatic rings. The van der Waals surface area contributed by atoms with Gasteiger partial charge in [-0.05, 0) is 19.5 Å². The van der Waals surface area contributed by atoms with E-state index in [1.54, 1.807) is 0 Å². The summed E-state index contributed by atoms with van der Waals surface area (Å²) in [7, 11) is 2.07. The van der Waals surface area contributed by atoms with Gasteiger partial charge in [-0.25, -0.2) is 0 Å². The first kappa shape index (κ1) is 15.3. The normalized spacial score (nSPS) is 29.4. The van der Waals surface area contributed by atoms with Gasteiger partial charge in [0.2, 0.25) is 0 Å². The zero-order chi connectivity index (χ0) is 13.8. The maximum absolute atomic E-state index is 4.46. The van der Waals surface area contributed by atoms with Crippen molar-refractivity contribution in [3.05, 3.63) is 18.0 Å². The highest BCUT2D eigenvalue weighted by atomic mass is 32.2. The van der Waals surface area contributed by atoms with E-state index < -0.39 is 0 Å². The van der Waals surface area contributed by atoms with Crippen molar-refractivity contribution in [1.29, 1.82) is 0 Å². The predicted molar refractivity (Wildman–Crippen MR) is 87.1 cm³/mol. The van der Waals surface area contributed by atoms with Crippen molar-refractivity contribution in [2.45, 2.75) is 55.5 Å². The Morgan fingerprint density at radius 1 is 1.47 bits per heavy atom. The minimum absolute atomic E-state index is 0.404. The lowest BCUT2D eigenvalue weighted by Crippen LogP contribution is -2.37. The second-order valence-corrected chi connectivity index (χ2v) is 8.20. The molecule has 0 saturated carbocycles. The molecule has 0 aliphatic carbocycles. The number of rotatable bonds is 5. The molecule has 1 aromatic heterocycles. The Labute approximate surface area is 125 Å². The quantitative estimate of drug-likeness (QED) is 0.904. The summed E-state index contributed by atoms with van der Waals surface area (Å²) in [5, 5.41) is 10.1. The molecule has 3 nitrogen and oxygen atoms in total. The highest BCUT2D eigenvalue weighted by Gasteiger charge is 2.32. The van der Waals surface area contributed by atoms with Gasteiger partial charge in [-0.15, -0.1) is 0 Å². The Morgan fingerprint density at radius 2 is 2.26 bits per heavy atom. The molecule has 1 N–H and O–H groups in total. The number of aromatic nitrogens is 2. The summed E-state index contributed by atoms with van der Waals surface area (Å²) < 4.78 is 2.16. The van der Waals surface area contributed by atoms with E-state index in [9.17, 15) is 0 Å². The molecule has 2 rings (SSSR count). The first-order valence-corrected chi connectivity index (χ1v) is 9.12. The minimum Gasteiger partial charge on any atom is -0.311 e. The Hall–Kier alpha value is -0.130. The Kier molecular flexibility index (Phi) is 5.66. The SMILES string of the molecule is CCCn1nccc1C(NC)C1CSC(C)C(C)S1. The van der Waals surface area contributed by atoms with Crippen LogP contribution < -0.4 is 5.32 Å². The van der Waals surface area contributed by atoms with Crippen molar-refractivity contribution in [3.63, 3.8) is 0 Å². The van der Waals surface area contributed by atoms with Crippen LogP contribution in [0.2, 0.25) is 0 Å². The Morgan fingerprint density at radius 3 is 2.89 bits per heavy atom. The van der Waals surface area contributed by atoms with E-state index in [0.29, 0.717) is 11.3 Å². The molecule has 1 fully saturated rings. The summed E-state index contributed by atoms with van der Waals surface area (Å²) in [5.74, 6) is 1.22. The van der Waals surface area contributed by atoms with E-state index in [-0.39, 0.29) is 0 Å². The van der Waals surface area contributed by atoms with Gasteiger partial charge in [-0.3, -0.25) is 4.68 Å². The first-order valence-electron chi connectivity index (χ1n) is 7.13. The first-order chi connectivity index (χ1) is 9.17. The van der Waals surface area contributed by atoms with Crippen molar-refractivity contribution in [3.8, 4) is 0 Å².